The molecular formula is C17H25N3S. The van der Waals surface area contributed by atoms with E-state index < -0.39 is 0 Å². The predicted molar refractivity (Wildman–Crippen MR) is 91.8 cm³/mol. The van der Waals surface area contributed by atoms with Crippen molar-refractivity contribution < 1.29 is 0 Å². The SMILES string of the molecule is CC1(C)CCC(Nc2nc3c(cc2C(N)=S)CCC3)CC1. The van der Waals surface area contributed by atoms with Crippen molar-refractivity contribution in [2.24, 2.45) is 11.1 Å². The van der Waals surface area contributed by atoms with E-state index in [1.54, 1.807) is 0 Å². The Morgan fingerprint density at radius 3 is 2.71 bits per heavy atom. The fourth-order valence-electron chi connectivity index (χ4n) is 3.51. The van der Waals surface area contributed by atoms with Gasteiger partial charge in [-0.3, -0.25) is 0 Å². The number of pyridine rings is 1. The van der Waals surface area contributed by atoms with E-state index in [1.807, 2.05) is 0 Å². The van der Waals surface area contributed by atoms with Crippen LogP contribution in [0.15, 0.2) is 6.07 Å². The van der Waals surface area contributed by atoms with Crippen LogP contribution in [0, 0.1) is 5.41 Å². The van der Waals surface area contributed by atoms with E-state index in [1.165, 1.54) is 43.4 Å². The lowest BCUT2D eigenvalue weighted by Gasteiger charge is -2.35. The van der Waals surface area contributed by atoms with E-state index >= 15 is 0 Å². The Hall–Kier alpha value is -1.16. The molecule has 0 spiro atoms. The number of fused-ring (bicyclic) bond motifs is 1. The van der Waals surface area contributed by atoms with Crippen LogP contribution in [-0.2, 0) is 12.8 Å². The van der Waals surface area contributed by atoms with E-state index in [9.17, 15) is 0 Å². The summed E-state index contributed by atoms with van der Waals surface area (Å²) in [4.78, 5) is 5.28. The maximum absolute atomic E-state index is 5.91. The number of anilines is 1. The zero-order valence-corrected chi connectivity index (χ0v) is 13.9. The predicted octanol–water partition coefficient (Wildman–Crippen LogP) is 3.59. The minimum absolute atomic E-state index is 0.454. The van der Waals surface area contributed by atoms with Crippen LogP contribution < -0.4 is 11.1 Å². The molecule has 1 aromatic rings. The fourth-order valence-corrected chi connectivity index (χ4v) is 3.66. The number of nitrogens with one attached hydrogen (secondary N) is 1. The first kappa shape index (κ1) is 14.8. The number of hydrogen-bond donors (Lipinski definition) is 2. The van der Waals surface area contributed by atoms with Crippen LogP contribution in [0.25, 0.3) is 0 Å². The molecule has 0 radical (unpaired) electrons. The Bertz CT molecular complexity index is 555. The highest BCUT2D eigenvalue weighted by Gasteiger charge is 2.28. The minimum atomic E-state index is 0.454. The molecule has 0 unspecified atom stereocenters. The monoisotopic (exact) mass is 303 g/mol. The lowest BCUT2D eigenvalue weighted by atomic mass is 9.75. The maximum Gasteiger partial charge on any atom is 0.136 e. The highest BCUT2D eigenvalue weighted by molar-refractivity contribution is 7.80. The molecule has 0 saturated heterocycles. The van der Waals surface area contributed by atoms with Crippen LogP contribution in [0.4, 0.5) is 5.82 Å². The van der Waals surface area contributed by atoms with Crippen molar-refractivity contribution in [3.63, 3.8) is 0 Å². The van der Waals surface area contributed by atoms with E-state index in [0.29, 0.717) is 16.4 Å². The Morgan fingerprint density at radius 1 is 1.33 bits per heavy atom. The molecule has 21 heavy (non-hydrogen) atoms. The third kappa shape index (κ3) is 3.20. The van der Waals surface area contributed by atoms with Crippen LogP contribution in [0.3, 0.4) is 0 Å². The van der Waals surface area contributed by atoms with Gasteiger partial charge in [0.25, 0.3) is 0 Å². The van der Waals surface area contributed by atoms with Crippen molar-refractivity contribution >= 4 is 23.0 Å². The average molecular weight is 303 g/mol. The molecule has 0 bridgehead atoms. The van der Waals surface area contributed by atoms with Crippen molar-refractivity contribution in [3.05, 3.63) is 22.9 Å². The van der Waals surface area contributed by atoms with Crippen molar-refractivity contribution in [1.82, 2.24) is 4.98 Å². The molecule has 1 aromatic heterocycles. The summed E-state index contributed by atoms with van der Waals surface area (Å²) in [5.41, 5.74) is 9.87. The summed E-state index contributed by atoms with van der Waals surface area (Å²) in [5.74, 6) is 0.910. The highest BCUT2D eigenvalue weighted by atomic mass is 32.1. The molecule has 2 aliphatic rings. The number of aryl methyl sites for hydroxylation is 2. The highest BCUT2D eigenvalue weighted by Crippen LogP contribution is 2.36. The summed E-state index contributed by atoms with van der Waals surface area (Å²) >= 11 is 5.22. The average Bonchev–Trinajstić information content (AvgIpc) is 2.87. The molecule has 0 amide bonds. The second-order valence-electron chi connectivity index (χ2n) is 7.29. The normalized spacial score (nSPS) is 21.0. The van der Waals surface area contributed by atoms with Crippen LogP contribution in [0.1, 0.15) is 62.8 Å². The second-order valence-corrected chi connectivity index (χ2v) is 7.73. The molecule has 1 heterocycles. The maximum atomic E-state index is 5.91. The van der Waals surface area contributed by atoms with Gasteiger partial charge in [-0.15, -0.1) is 0 Å². The first-order valence-corrected chi connectivity index (χ1v) is 8.44. The molecule has 3 rings (SSSR count). The van der Waals surface area contributed by atoms with E-state index in [0.717, 1.165) is 24.2 Å². The summed E-state index contributed by atoms with van der Waals surface area (Å²) < 4.78 is 0. The number of hydrogen-bond acceptors (Lipinski definition) is 3. The molecule has 4 heteroatoms. The first-order chi connectivity index (χ1) is 9.94. The molecule has 3 N–H and O–H groups in total. The summed E-state index contributed by atoms with van der Waals surface area (Å²) in [6.07, 6.45) is 8.30. The summed E-state index contributed by atoms with van der Waals surface area (Å²) in [5, 5.41) is 3.62. The van der Waals surface area contributed by atoms with Crippen LogP contribution in [0.2, 0.25) is 0 Å². The molecule has 114 valence electrons. The number of thiocarbonyl (C=S) groups is 1. The van der Waals surface area contributed by atoms with E-state index in [4.69, 9.17) is 22.9 Å². The number of aromatic nitrogens is 1. The van der Waals surface area contributed by atoms with Crippen molar-refractivity contribution in [1.29, 1.82) is 0 Å². The quantitative estimate of drug-likeness (QED) is 0.838. The Labute approximate surface area is 132 Å². The molecule has 1 saturated carbocycles. The molecule has 0 atom stereocenters. The molecular weight excluding hydrogens is 278 g/mol. The zero-order chi connectivity index (χ0) is 15.0. The largest absolute Gasteiger partial charge is 0.389 e. The van der Waals surface area contributed by atoms with Gasteiger partial charge in [0, 0.05) is 11.7 Å². The summed E-state index contributed by atoms with van der Waals surface area (Å²) in [6, 6.07) is 2.66. The molecule has 3 nitrogen and oxygen atoms in total. The van der Waals surface area contributed by atoms with Gasteiger partial charge in [0.05, 0.1) is 5.56 Å². The van der Waals surface area contributed by atoms with Gasteiger partial charge in [-0.05, 0) is 62.0 Å². The van der Waals surface area contributed by atoms with Gasteiger partial charge >= 0.3 is 0 Å². The number of nitrogens with two attached hydrogens (primary N) is 1. The fraction of sp³-hybridized carbons (Fsp3) is 0.647. The first-order valence-electron chi connectivity index (χ1n) is 8.04. The molecule has 0 aliphatic heterocycles. The number of nitrogens with zero attached hydrogens (tertiary/aromatic N) is 1. The third-order valence-corrected chi connectivity index (χ3v) is 5.22. The van der Waals surface area contributed by atoms with Gasteiger partial charge in [-0.1, -0.05) is 26.1 Å². The molecule has 2 aliphatic carbocycles. The lowest BCUT2D eigenvalue weighted by molar-refractivity contribution is 0.232. The van der Waals surface area contributed by atoms with Crippen molar-refractivity contribution in [2.75, 3.05) is 5.32 Å². The summed E-state index contributed by atoms with van der Waals surface area (Å²) in [7, 11) is 0. The van der Waals surface area contributed by atoms with Crippen LogP contribution in [0.5, 0.6) is 0 Å². The van der Waals surface area contributed by atoms with Crippen LogP contribution in [-0.4, -0.2) is 16.0 Å². The Balaban J connectivity index is 1.80. The van der Waals surface area contributed by atoms with Gasteiger partial charge in [0.2, 0.25) is 0 Å². The van der Waals surface area contributed by atoms with Gasteiger partial charge in [-0.2, -0.15) is 0 Å². The second kappa shape index (κ2) is 5.56. The van der Waals surface area contributed by atoms with Gasteiger partial charge in [0.15, 0.2) is 0 Å². The van der Waals surface area contributed by atoms with E-state index in [-0.39, 0.29) is 0 Å². The van der Waals surface area contributed by atoms with Gasteiger partial charge in [-0.25, -0.2) is 4.98 Å². The van der Waals surface area contributed by atoms with Crippen molar-refractivity contribution in [3.8, 4) is 0 Å². The van der Waals surface area contributed by atoms with Gasteiger partial charge in [0.1, 0.15) is 10.8 Å². The number of rotatable bonds is 3. The van der Waals surface area contributed by atoms with Crippen LogP contribution >= 0.6 is 12.2 Å². The smallest absolute Gasteiger partial charge is 0.136 e. The minimum Gasteiger partial charge on any atom is -0.389 e. The molecule has 1 fully saturated rings. The van der Waals surface area contributed by atoms with E-state index in [2.05, 4.69) is 25.2 Å². The Kier molecular flexibility index (Phi) is 3.91. The topological polar surface area (TPSA) is 50.9 Å². The van der Waals surface area contributed by atoms with Gasteiger partial charge < -0.3 is 11.1 Å². The summed E-state index contributed by atoms with van der Waals surface area (Å²) in [6.45, 7) is 4.72. The Morgan fingerprint density at radius 2 is 2.05 bits per heavy atom. The third-order valence-electron chi connectivity index (χ3n) is 5.00. The van der Waals surface area contributed by atoms with Crippen molar-refractivity contribution in [2.45, 2.75) is 64.8 Å². The zero-order valence-electron chi connectivity index (χ0n) is 13.0. The molecule has 0 aromatic carbocycles. The standard InChI is InChI=1S/C17H25N3S/c1-17(2)8-6-12(7-9-17)19-16-13(15(18)21)10-11-4-3-5-14(11)20-16/h10,12H,3-9H2,1-2H3,(H2,18,21)(H,19,20). The lowest BCUT2D eigenvalue weighted by Crippen LogP contribution is -2.31.